The lowest BCUT2D eigenvalue weighted by Crippen LogP contribution is -2.03. The van der Waals surface area contributed by atoms with Gasteiger partial charge in [-0.25, -0.2) is 4.39 Å². The van der Waals surface area contributed by atoms with E-state index >= 15 is 0 Å². The van der Waals surface area contributed by atoms with E-state index in [1.54, 1.807) is 0 Å². The summed E-state index contributed by atoms with van der Waals surface area (Å²) < 4.78 is 19.0. The van der Waals surface area contributed by atoms with Gasteiger partial charge in [0.15, 0.2) is 0 Å². The van der Waals surface area contributed by atoms with Crippen molar-refractivity contribution in [3.8, 4) is 11.8 Å². The summed E-state index contributed by atoms with van der Waals surface area (Å²) >= 11 is 0. The molecule has 0 spiro atoms. The second-order valence-corrected chi connectivity index (χ2v) is 4.63. The van der Waals surface area contributed by atoms with Crippen molar-refractivity contribution < 1.29 is 9.13 Å². The number of ether oxygens (including phenoxy) is 1. The van der Waals surface area contributed by atoms with Gasteiger partial charge in [-0.1, -0.05) is 6.07 Å². The van der Waals surface area contributed by atoms with Crippen LogP contribution in [0.1, 0.15) is 22.3 Å². The molecule has 0 aliphatic carbocycles. The topological polar surface area (TPSA) is 59.0 Å². The Bertz CT molecular complexity index is 690. The normalized spacial score (nSPS) is 10.1. The molecule has 102 valence electrons. The molecule has 3 nitrogen and oxygen atoms in total. The number of anilines is 1. The molecule has 0 saturated carbocycles. The minimum Gasteiger partial charge on any atom is -0.488 e. The summed E-state index contributed by atoms with van der Waals surface area (Å²) in [4.78, 5) is 0. The Kier molecular flexibility index (Phi) is 3.90. The Morgan fingerprint density at radius 1 is 1.25 bits per heavy atom. The van der Waals surface area contributed by atoms with Gasteiger partial charge in [-0.2, -0.15) is 5.26 Å². The molecule has 0 aliphatic rings. The molecule has 4 heteroatoms. The molecular formula is C16H15FN2O. The lowest BCUT2D eigenvalue weighted by atomic mass is 10.1. The van der Waals surface area contributed by atoms with Gasteiger partial charge in [0.2, 0.25) is 0 Å². The van der Waals surface area contributed by atoms with Gasteiger partial charge in [0.25, 0.3) is 0 Å². The van der Waals surface area contributed by atoms with Crippen LogP contribution in [-0.2, 0) is 6.61 Å². The summed E-state index contributed by atoms with van der Waals surface area (Å²) in [6.07, 6.45) is 0. The maximum absolute atomic E-state index is 13.2. The Labute approximate surface area is 117 Å². The molecule has 0 bridgehead atoms. The van der Waals surface area contributed by atoms with E-state index < -0.39 is 0 Å². The smallest absolute Gasteiger partial charge is 0.127 e. The van der Waals surface area contributed by atoms with Crippen LogP contribution >= 0.6 is 0 Å². The fraction of sp³-hybridized carbons (Fsp3) is 0.188. The number of aryl methyl sites for hydroxylation is 1. The molecule has 2 aromatic rings. The number of nitrogens with two attached hydrogens (primary N) is 1. The highest BCUT2D eigenvalue weighted by atomic mass is 19.1. The molecule has 20 heavy (non-hydrogen) atoms. The van der Waals surface area contributed by atoms with Gasteiger partial charge in [0.1, 0.15) is 18.2 Å². The predicted octanol–water partition coefficient (Wildman–Crippen LogP) is 3.48. The van der Waals surface area contributed by atoms with E-state index in [2.05, 4.69) is 0 Å². The Balaban J connectivity index is 2.28. The van der Waals surface area contributed by atoms with Crippen LogP contribution in [0.2, 0.25) is 0 Å². The second-order valence-electron chi connectivity index (χ2n) is 4.63. The van der Waals surface area contributed by atoms with E-state index in [0.29, 0.717) is 22.6 Å². The molecule has 2 rings (SSSR count). The minimum atomic E-state index is -0.386. The second kappa shape index (κ2) is 5.62. The maximum Gasteiger partial charge on any atom is 0.127 e. The van der Waals surface area contributed by atoms with Crippen LogP contribution in [0.4, 0.5) is 10.1 Å². The summed E-state index contributed by atoms with van der Waals surface area (Å²) in [7, 11) is 0. The van der Waals surface area contributed by atoms with E-state index in [-0.39, 0.29) is 12.4 Å². The predicted molar refractivity (Wildman–Crippen MR) is 75.8 cm³/mol. The number of hydrogen-bond acceptors (Lipinski definition) is 3. The molecule has 0 atom stereocenters. The minimum absolute atomic E-state index is 0.131. The summed E-state index contributed by atoms with van der Waals surface area (Å²) in [6.45, 7) is 3.92. The third-order valence-corrected chi connectivity index (χ3v) is 3.20. The standard InChI is InChI=1S/C16H15FN2O/c1-10-3-6-15(19)11(2)16(10)20-9-13-7-14(17)5-4-12(13)8-18/h3-7H,9,19H2,1-2H3. The average Bonchev–Trinajstić information content (AvgIpc) is 2.43. The van der Waals surface area contributed by atoms with E-state index in [4.69, 9.17) is 15.7 Å². The molecule has 0 radical (unpaired) electrons. The van der Waals surface area contributed by atoms with E-state index in [1.807, 2.05) is 32.0 Å². The number of nitrogen functional groups attached to an aromatic ring is 1. The first-order valence-electron chi connectivity index (χ1n) is 6.20. The summed E-state index contributed by atoms with van der Waals surface area (Å²) in [6, 6.07) is 9.75. The summed E-state index contributed by atoms with van der Waals surface area (Å²) in [5.74, 6) is 0.293. The lowest BCUT2D eigenvalue weighted by Gasteiger charge is -2.14. The Morgan fingerprint density at radius 3 is 2.70 bits per heavy atom. The summed E-state index contributed by atoms with van der Waals surface area (Å²) in [5.41, 5.74) is 9.22. The van der Waals surface area contributed by atoms with Crippen molar-refractivity contribution in [3.05, 3.63) is 58.4 Å². The number of halogens is 1. The fourth-order valence-corrected chi connectivity index (χ4v) is 2.01. The third-order valence-electron chi connectivity index (χ3n) is 3.20. The van der Waals surface area contributed by atoms with Crippen LogP contribution in [-0.4, -0.2) is 0 Å². The van der Waals surface area contributed by atoms with Gasteiger partial charge in [-0.05, 0) is 43.7 Å². The fourth-order valence-electron chi connectivity index (χ4n) is 2.01. The van der Waals surface area contributed by atoms with Crippen LogP contribution in [0.5, 0.6) is 5.75 Å². The van der Waals surface area contributed by atoms with Gasteiger partial charge in [-0.3, -0.25) is 0 Å². The Hall–Kier alpha value is -2.54. The van der Waals surface area contributed by atoms with E-state index in [1.165, 1.54) is 18.2 Å². The first-order chi connectivity index (χ1) is 9.52. The molecule has 0 amide bonds. The molecule has 0 fully saturated rings. The molecule has 0 unspecified atom stereocenters. The van der Waals surface area contributed by atoms with Crippen molar-refractivity contribution in [2.75, 3.05) is 5.73 Å². The van der Waals surface area contributed by atoms with Crippen molar-refractivity contribution in [1.82, 2.24) is 0 Å². The lowest BCUT2D eigenvalue weighted by molar-refractivity contribution is 0.301. The van der Waals surface area contributed by atoms with Gasteiger partial charge in [0, 0.05) is 16.8 Å². The Morgan fingerprint density at radius 2 is 2.00 bits per heavy atom. The first kappa shape index (κ1) is 13.9. The van der Waals surface area contributed by atoms with Crippen molar-refractivity contribution in [2.45, 2.75) is 20.5 Å². The molecule has 0 saturated heterocycles. The maximum atomic E-state index is 13.2. The molecule has 0 aromatic heterocycles. The monoisotopic (exact) mass is 270 g/mol. The highest BCUT2D eigenvalue weighted by Gasteiger charge is 2.09. The van der Waals surface area contributed by atoms with Crippen molar-refractivity contribution in [1.29, 1.82) is 5.26 Å². The van der Waals surface area contributed by atoms with Gasteiger partial charge in [0.05, 0.1) is 11.6 Å². The largest absolute Gasteiger partial charge is 0.488 e. The zero-order chi connectivity index (χ0) is 14.7. The van der Waals surface area contributed by atoms with Crippen LogP contribution in [0.3, 0.4) is 0 Å². The van der Waals surface area contributed by atoms with Crippen molar-refractivity contribution >= 4 is 5.69 Å². The summed E-state index contributed by atoms with van der Waals surface area (Å²) in [5, 5.41) is 9.01. The number of nitriles is 1. The number of rotatable bonds is 3. The zero-order valence-corrected chi connectivity index (χ0v) is 11.4. The van der Waals surface area contributed by atoms with Gasteiger partial charge in [-0.15, -0.1) is 0 Å². The van der Waals surface area contributed by atoms with E-state index in [9.17, 15) is 4.39 Å². The molecular weight excluding hydrogens is 255 g/mol. The molecule has 2 aromatic carbocycles. The first-order valence-corrected chi connectivity index (χ1v) is 6.20. The number of hydrogen-bond donors (Lipinski definition) is 1. The zero-order valence-electron chi connectivity index (χ0n) is 11.4. The van der Waals surface area contributed by atoms with Crippen molar-refractivity contribution in [3.63, 3.8) is 0 Å². The van der Waals surface area contributed by atoms with Crippen LogP contribution < -0.4 is 10.5 Å². The van der Waals surface area contributed by atoms with Crippen molar-refractivity contribution in [2.24, 2.45) is 0 Å². The molecule has 0 heterocycles. The average molecular weight is 270 g/mol. The highest BCUT2D eigenvalue weighted by molar-refractivity contribution is 5.56. The third kappa shape index (κ3) is 2.72. The van der Waals surface area contributed by atoms with E-state index in [0.717, 1.165) is 11.1 Å². The quantitative estimate of drug-likeness (QED) is 0.869. The number of nitrogens with zero attached hydrogens (tertiary/aromatic N) is 1. The SMILES string of the molecule is Cc1ccc(N)c(C)c1OCc1cc(F)ccc1C#N. The van der Waals surface area contributed by atoms with Crippen LogP contribution in [0.15, 0.2) is 30.3 Å². The number of benzene rings is 2. The van der Waals surface area contributed by atoms with Gasteiger partial charge < -0.3 is 10.5 Å². The van der Waals surface area contributed by atoms with Gasteiger partial charge >= 0.3 is 0 Å². The van der Waals surface area contributed by atoms with Crippen LogP contribution in [0, 0.1) is 31.0 Å². The molecule has 2 N–H and O–H groups in total. The molecule has 0 aliphatic heterocycles. The highest BCUT2D eigenvalue weighted by Crippen LogP contribution is 2.28. The van der Waals surface area contributed by atoms with Crippen LogP contribution in [0.25, 0.3) is 0 Å².